The van der Waals surface area contributed by atoms with Gasteiger partial charge in [-0.15, -0.1) is 0 Å². The van der Waals surface area contributed by atoms with Crippen molar-refractivity contribution in [1.29, 1.82) is 0 Å². The maximum Gasteiger partial charge on any atom is 0.318 e. The Morgan fingerprint density at radius 1 is 1.19 bits per heavy atom. The summed E-state index contributed by atoms with van der Waals surface area (Å²) in [6.07, 6.45) is 2.56. The van der Waals surface area contributed by atoms with E-state index in [0.29, 0.717) is 37.7 Å². The van der Waals surface area contributed by atoms with E-state index in [1.807, 2.05) is 58.0 Å². The smallest absolute Gasteiger partial charge is 0.318 e. The number of carbonyl (C=O) groups is 1. The Bertz CT molecular complexity index is 1150. The fourth-order valence-corrected chi connectivity index (χ4v) is 4.23. The second kappa shape index (κ2) is 11.1. The molecule has 7 nitrogen and oxygen atoms in total. The first-order valence-electron chi connectivity index (χ1n) is 12.5. The number of aryl methyl sites for hydroxylation is 1. The van der Waals surface area contributed by atoms with Gasteiger partial charge in [0.2, 0.25) is 5.88 Å². The molecule has 192 valence electrons. The first kappa shape index (κ1) is 25.7. The minimum absolute atomic E-state index is 0.00794. The number of carbonyl (C=O) groups excluding carboxylic acids is 1. The highest BCUT2D eigenvalue weighted by Gasteiger charge is 2.29. The zero-order chi connectivity index (χ0) is 25.7. The van der Waals surface area contributed by atoms with Crippen LogP contribution in [-0.4, -0.2) is 45.5 Å². The number of amides is 2. The van der Waals surface area contributed by atoms with E-state index in [-0.39, 0.29) is 23.5 Å². The molecule has 0 saturated carbocycles. The standard InChI is InChI=1S/C28H35FN4O3/c1-5-25-24(19-32(18-23-12-9-17-35-23)27(34)30-28(2,3)4)26(36-22-15-13-20(29)14-16-22)33(31-25)21-10-7-6-8-11-21/h6-8,10-11,13-16,23H,5,9,12,17-19H2,1-4H3,(H,30,34)/t23-/m1/s1. The van der Waals surface area contributed by atoms with Gasteiger partial charge in [-0.2, -0.15) is 5.10 Å². The van der Waals surface area contributed by atoms with E-state index in [4.69, 9.17) is 14.6 Å². The van der Waals surface area contributed by atoms with Gasteiger partial charge >= 0.3 is 6.03 Å². The predicted octanol–water partition coefficient (Wildman–Crippen LogP) is 5.86. The Morgan fingerprint density at radius 2 is 1.92 bits per heavy atom. The lowest BCUT2D eigenvalue weighted by atomic mass is 10.1. The molecule has 8 heteroatoms. The molecule has 36 heavy (non-hydrogen) atoms. The van der Waals surface area contributed by atoms with Crippen LogP contribution < -0.4 is 10.1 Å². The van der Waals surface area contributed by atoms with Gasteiger partial charge in [-0.1, -0.05) is 25.1 Å². The Hall–Kier alpha value is -3.39. The van der Waals surface area contributed by atoms with Crippen LogP contribution in [0.2, 0.25) is 0 Å². The summed E-state index contributed by atoms with van der Waals surface area (Å²) in [7, 11) is 0. The maximum atomic E-state index is 13.6. The lowest BCUT2D eigenvalue weighted by Gasteiger charge is -2.30. The zero-order valence-electron chi connectivity index (χ0n) is 21.5. The number of para-hydroxylation sites is 1. The van der Waals surface area contributed by atoms with Crippen molar-refractivity contribution in [2.45, 2.75) is 65.1 Å². The minimum atomic E-state index is -0.388. The van der Waals surface area contributed by atoms with Gasteiger partial charge < -0.3 is 19.7 Å². The van der Waals surface area contributed by atoms with Gasteiger partial charge in [-0.05, 0) is 76.4 Å². The molecule has 0 spiro atoms. The molecule has 1 aliphatic rings. The van der Waals surface area contributed by atoms with E-state index in [0.717, 1.165) is 29.8 Å². The molecule has 1 aliphatic heterocycles. The lowest BCUT2D eigenvalue weighted by molar-refractivity contribution is 0.0779. The number of halogens is 1. The van der Waals surface area contributed by atoms with Gasteiger partial charge in [0.25, 0.3) is 0 Å². The topological polar surface area (TPSA) is 68.6 Å². The molecular weight excluding hydrogens is 459 g/mol. The van der Waals surface area contributed by atoms with Crippen molar-refractivity contribution in [2.75, 3.05) is 13.2 Å². The normalized spacial score (nSPS) is 15.6. The van der Waals surface area contributed by atoms with Crippen molar-refractivity contribution in [3.63, 3.8) is 0 Å². The van der Waals surface area contributed by atoms with Gasteiger partial charge in [0.15, 0.2) is 0 Å². The van der Waals surface area contributed by atoms with E-state index < -0.39 is 0 Å². The number of ether oxygens (including phenoxy) is 2. The van der Waals surface area contributed by atoms with E-state index >= 15 is 0 Å². The molecule has 4 rings (SSSR count). The third kappa shape index (κ3) is 6.43. The molecule has 1 atom stereocenters. The third-order valence-electron chi connectivity index (χ3n) is 5.95. The molecule has 1 aromatic heterocycles. The van der Waals surface area contributed by atoms with E-state index in [1.54, 1.807) is 21.7 Å². The molecule has 3 aromatic rings. The quantitative estimate of drug-likeness (QED) is 0.426. The van der Waals surface area contributed by atoms with Crippen molar-refractivity contribution in [3.8, 4) is 17.3 Å². The van der Waals surface area contributed by atoms with Gasteiger partial charge in [0.1, 0.15) is 11.6 Å². The van der Waals surface area contributed by atoms with Crippen LogP contribution in [0.3, 0.4) is 0 Å². The number of rotatable bonds is 8. The van der Waals surface area contributed by atoms with Crippen LogP contribution in [0.4, 0.5) is 9.18 Å². The maximum absolute atomic E-state index is 13.6. The monoisotopic (exact) mass is 494 g/mol. The predicted molar refractivity (Wildman–Crippen MR) is 137 cm³/mol. The molecule has 0 bridgehead atoms. The van der Waals surface area contributed by atoms with Crippen molar-refractivity contribution < 1.29 is 18.7 Å². The molecule has 0 aliphatic carbocycles. The van der Waals surface area contributed by atoms with Crippen molar-refractivity contribution in [1.82, 2.24) is 20.0 Å². The number of nitrogens with one attached hydrogen (secondary N) is 1. The molecule has 1 saturated heterocycles. The lowest BCUT2D eigenvalue weighted by Crippen LogP contribution is -2.50. The molecule has 1 N–H and O–H groups in total. The van der Waals surface area contributed by atoms with Gasteiger partial charge in [-0.25, -0.2) is 13.9 Å². The van der Waals surface area contributed by atoms with Crippen molar-refractivity contribution in [2.24, 2.45) is 0 Å². The summed E-state index contributed by atoms with van der Waals surface area (Å²) in [6, 6.07) is 15.4. The SMILES string of the molecule is CCc1nn(-c2ccccc2)c(Oc2ccc(F)cc2)c1CN(C[C@H]1CCCO1)C(=O)NC(C)(C)C. The number of aromatic nitrogens is 2. The third-order valence-corrected chi connectivity index (χ3v) is 5.95. The summed E-state index contributed by atoms with van der Waals surface area (Å²) in [4.78, 5) is 15.2. The second-order valence-corrected chi connectivity index (χ2v) is 10.1. The van der Waals surface area contributed by atoms with Crippen LogP contribution in [0.5, 0.6) is 11.6 Å². The summed E-state index contributed by atoms with van der Waals surface area (Å²) < 4.78 is 27.5. The highest BCUT2D eigenvalue weighted by atomic mass is 19.1. The number of hydrogen-bond donors (Lipinski definition) is 1. The second-order valence-electron chi connectivity index (χ2n) is 10.1. The first-order chi connectivity index (χ1) is 17.2. The molecular formula is C28H35FN4O3. The number of urea groups is 1. The summed E-state index contributed by atoms with van der Waals surface area (Å²) in [5.74, 6) is 0.655. The minimum Gasteiger partial charge on any atom is -0.439 e. The van der Waals surface area contributed by atoms with Crippen LogP contribution in [0.25, 0.3) is 5.69 Å². The number of hydrogen-bond acceptors (Lipinski definition) is 4. The van der Waals surface area contributed by atoms with E-state index in [1.165, 1.54) is 12.1 Å². The van der Waals surface area contributed by atoms with Crippen molar-refractivity contribution in [3.05, 3.63) is 71.7 Å². The van der Waals surface area contributed by atoms with E-state index in [9.17, 15) is 9.18 Å². The molecule has 1 fully saturated rings. The first-order valence-corrected chi connectivity index (χ1v) is 12.5. The number of nitrogens with zero attached hydrogens (tertiary/aromatic N) is 3. The van der Waals surface area contributed by atoms with E-state index in [2.05, 4.69) is 5.32 Å². The molecule has 0 unspecified atom stereocenters. The summed E-state index contributed by atoms with van der Waals surface area (Å²) in [5, 5.41) is 7.95. The summed E-state index contributed by atoms with van der Waals surface area (Å²) in [6.45, 7) is 9.40. The average Bonchev–Trinajstić information content (AvgIpc) is 3.48. The average molecular weight is 495 g/mol. The van der Waals surface area contributed by atoms with Crippen LogP contribution in [0, 0.1) is 5.82 Å². The Labute approximate surface area is 212 Å². The summed E-state index contributed by atoms with van der Waals surface area (Å²) >= 11 is 0. The van der Waals surface area contributed by atoms with Crippen LogP contribution >= 0.6 is 0 Å². The number of benzene rings is 2. The zero-order valence-corrected chi connectivity index (χ0v) is 21.5. The highest BCUT2D eigenvalue weighted by molar-refractivity contribution is 5.75. The van der Waals surface area contributed by atoms with Gasteiger partial charge in [0, 0.05) is 18.7 Å². The van der Waals surface area contributed by atoms with Crippen LogP contribution in [0.15, 0.2) is 54.6 Å². The molecule has 2 amide bonds. The van der Waals surface area contributed by atoms with Gasteiger partial charge in [-0.3, -0.25) is 0 Å². The van der Waals surface area contributed by atoms with Crippen LogP contribution in [0.1, 0.15) is 51.8 Å². The fraction of sp³-hybridized carbons (Fsp3) is 0.429. The molecule has 2 aromatic carbocycles. The molecule has 0 radical (unpaired) electrons. The highest BCUT2D eigenvalue weighted by Crippen LogP contribution is 2.33. The molecule has 2 heterocycles. The summed E-state index contributed by atoms with van der Waals surface area (Å²) in [5.41, 5.74) is 2.09. The van der Waals surface area contributed by atoms with Crippen molar-refractivity contribution >= 4 is 6.03 Å². The fourth-order valence-electron chi connectivity index (χ4n) is 4.23. The Morgan fingerprint density at radius 3 is 2.53 bits per heavy atom. The van der Waals surface area contributed by atoms with Crippen LogP contribution in [-0.2, 0) is 17.7 Å². The Balaban J connectivity index is 1.75. The van der Waals surface area contributed by atoms with Gasteiger partial charge in [0.05, 0.1) is 29.6 Å². The Kier molecular flexibility index (Phi) is 7.94. The largest absolute Gasteiger partial charge is 0.439 e.